The number of halogens is 1. The normalized spacial score (nSPS) is 21.1. The van der Waals surface area contributed by atoms with Crippen LogP contribution in [0.2, 0.25) is 0 Å². The fraction of sp³-hybridized carbons (Fsp3) is 0.684. The maximum Gasteiger partial charge on any atom is 0.341 e. The highest BCUT2D eigenvalue weighted by Crippen LogP contribution is 2.20. The van der Waals surface area contributed by atoms with Crippen molar-refractivity contribution >= 4 is 35.9 Å². The molecule has 1 N–H and O–H groups in total. The van der Waals surface area contributed by atoms with Gasteiger partial charge in [0.25, 0.3) is 0 Å². The van der Waals surface area contributed by atoms with Crippen LogP contribution in [0, 0.1) is 6.92 Å². The Bertz CT molecular complexity index is 655. The van der Waals surface area contributed by atoms with E-state index in [0.717, 1.165) is 19.0 Å². The van der Waals surface area contributed by atoms with Crippen LogP contribution < -0.4 is 5.32 Å². The summed E-state index contributed by atoms with van der Waals surface area (Å²) in [4.78, 5) is 21.1. The third-order valence-electron chi connectivity index (χ3n) is 5.38. The van der Waals surface area contributed by atoms with Gasteiger partial charge in [-0.25, -0.2) is 4.79 Å². The highest BCUT2D eigenvalue weighted by molar-refractivity contribution is 14.0. The van der Waals surface area contributed by atoms with Gasteiger partial charge in [0, 0.05) is 26.2 Å². The Morgan fingerprint density at radius 1 is 1.33 bits per heavy atom. The van der Waals surface area contributed by atoms with E-state index in [1.54, 1.807) is 13.0 Å². The van der Waals surface area contributed by atoms with Crippen LogP contribution in [-0.2, 0) is 11.3 Å². The van der Waals surface area contributed by atoms with E-state index in [2.05, 4.69) is 20.1 Å². The molecule has 1 unspecified atom stereocenters. The predicted octanol–water partition coefficient (Wildman–Crippen LogP) is 2.63. The second-order valence-electron chi connectivity index (χ2n) is 7.06. The molecule has 2 fully saturated rings. The molecule has 3 rings (SSSR count). The smallest absolute Gasteiger partial charge is 0.341 e. The maximum absolute atomic E-state index is 11.7. The SMILES string of the molecule is CN=C(NCc1cc(C(=O)OC)c(C)o1)N1CCC(N2CCCCC2)C1.I. The molecule has 0 amide bonds. The minimum Gasteiger partial charge on any atom is -0.465 e. The molecule has 3 heterocycles. The Balaban J connectivity index is 0.00000261. The number of piperidine rings is 1. The summed E-state index contributed by atoms with van der Waals surface area (Å²) >= 11 is 0. The number of hydrogen-bond acceptors (Lipinski definition) is 5. The van der Waals surface area contributed by atoms with Crippen LogP contribution in [0.3, 0.4) is 0 Å². The van der Waals surface area contributed by atoms with E-state index in [9.17, 15) is 4.79 Å². The molecule has 0 saturated carbocycles. The summed E-state index contributed by atoms with van der Waals surface area (Å²) in [5, 5.41) is 3.36. The van der Waals surface area contributed by atoms with E-state index in [-0.39, 0.29) is 29.9 Å². The summed E-state index contributed by atoms with van der Waals surface area (Å²) in [5.41, 5.74) is 0.477. The summed E-state index contributed by atoms with van der Waals surface area (Å²) < 4.78 is 10.4. The van der Waals surface area contributed by atoms with Crippen LogP contribution in [0.25, 0.3) is 0 Å². The number of methoxy groups -OCH3 is 1. The molecule has 1 aromatic rings. The lowest BCUT2D eigenvalue weighted by molar-refractivity contribution is 0.0599. The molecule has 0 aromatic carbocycles. The number of carbonyl (C=O) groups is 1. The molecule has 2 saturated heterocycles. The van der Waals surface area contributed by atoms with Gasteiger partial charge in [-0.1, -0.05) is 6.42 Å². The van der Waals surface area contributed by atoms with Crippen LogP contribution >= 0.6 is 24.0 Å². The van der Waals surface area contributed by atoms with E-state index >= 15 is 0 Å². The molecule has 1 atom stereocenters. The number of carbonyl (C=O) groups excluding carboxylic acids is 1. The minimum absolute atomic E-state index is 0. The zero-order valence-corrected chi connectivity index (χ0v) is 18.8. The van der Waals surface area contributed by atoms with Crippen LogP contribution in [0.4, 0.5) is 0 Å². The van der Waals surface area contributed by atoms with Crippen molar-refractivity contribution in [3.63, 3.8) is 0 Å². The Labute approximate surface area is 178 Å². The number of guanidine groups is 1. The third-order valence-corrected chi connectivity index (χ3v) is 5.38. The molecule has 0 bridgehead atoms. The molecule has 27 heavy (non-hydrogen) atoms. The van der Waals surface area contributed by atoms with E-state index in [0.29, 0.717) is 29.7 Å². The summed E-state index contributed by atoms with van der Waals surface area (Å²) in [6, 6.07) is 2.37. The summed E-state index contributed by atoms with van der Waals surface area (Å²) in [5.74, 6) is 1.80. The lowest BCUT2D eigenvalue weighted by Crippen LogP contribution is -2.44. The van der Waals surface area contributed by atoms with E-state index in [4.69, 9.17) is 9.15 Å². The van der Waals surface area contributed by atoms with Crippen LogP contribution in [0.15, 0.2) is 15.5 Å². The minimum atomic E-state index is -0.370. The highest BCUT2D eigenvalue weighted by atomic mass is 127. The Kier molecular flexibility index (Phi) is 8.40. The summed E-state index contributed by atoms with van der Waals surface area (Å²) in [6.45, 7) is 6.76. The molecule has 2 aliphatic heterocycles. The van der Waals surface area contributed by atoms with Gasteiger partial charge in [0.05, 0.1) is 13.7 Å². The predicted molar refractivity (Wildman–Crippen MR) is 116 cm³/mol. The second kappa shape index (κ2) is 10.3. The lowest BCUT2D eigenvalue weighted by atomic mass is 10.1. The van der Waals surface area contributed by atoms with Crippen molar-refractivity contribution in [2.75, 3.05) is 40.3 Å². The Morgan fingerprint density at radius 3 is 2.74 bits per heavy atom. The van der Waals surface area contributed by atoms with Crippen LogP contribution in [-0.4, -0.2) is 68.1 Å². The maximum atomic E-state index is 11.7. The topological polar surface area (TPSA) is 70.3 Å². The van der Waals surface area contributed by atoms with Crippen molar-refractivity contribution in [1.29, 1.82) is 0 Å². The van der Waals surface area contributed by atoms with Crippen LogP contribution in [0.5, 0.6) is 0 Å². The number of likely N-dealkylation sites (tertiary alicyclic amines) is 2. The molecule has 0 spiro atoms. The first kappa shape index (κ1) is 22.0. The van der Waals surface area contributed by atoms with Gasteiger partial charge in [-0.3, -0.25) is 9.89 Å². The molecule has 0 aliphatic carbocycles. The highest BCUT2D eigenvalue weighted by Gasteiger charge is 2.30. The molecule has 0 radical (unpaired) electrons. The van der Waals surface area contributed by atoms with Crippen molar-refractivity contribution in [2.24, 2.45) is 4.99 Å². The number of esters is 1. The number of aliphatic imine (C=N–C) groups is 1. The molecular formula is C19H31IN4O3. The van der Waals surface area contributed by atoms with Gasteiger partial charge in [0.1, 0.15) is 17.1 Å². The quantitative estimate of drug-likeness (QED) is 0.303. The number of aryl methyl sites for hydroxylation is 1. The Hall–Kier alpha value is -1.29. The molecule has 1 aromatic heterocycles. The number of nitrogens with one attached hydrogen (secondary N) is 1. The molecule has 2 aliphatic rings. The first-order valence-corrected chi connectivity index (χ1v) is 9.49. The van der Waals surface area contributed by atoms with Crippen molar-refractivity contribution < 1.29 is 13.9 Å². The molecular weight excluding hydrogens is 459 g/mol. The number of nitrogens with zero attached hydrogens (tertiary/aromatic N) is 3. The second-order valence-corrected chi connectivity index (χ2v) is 7.06. The molecule has 152 valence electrons. The average Bonchev–Trinajstić information content (AvgIpc) is 3.30. The number of ether oxygens (including phenoxy) is 1. The van der Waals surface area contributed by atoms with Crippen molar-refractivity contribution in [3.05, 3.63) is 23.2 Å². The van der Waals surface area contributed by atoms with Gasteiger partial charge in [-0.05, 0) is 45.3 Å². The largest absolute Gasteiger partial charge is 0.465 e. The first-order valence-electron chi connectivity index (χ1n) is 9.49. The lowest BCUT2D eigenvalue weighted by Gasteiger charge is -2.32. The van der Waals surface area contributed by atoms with Crippen molar-refractivity contribution in [2.45, 2.75) is 45.2 Å². The van der Waals surface area contributed by atoms with Gasteiger partial charge in [0.15, 0.2) is 5.96 Å². The monoisotopic (exact) mass is 490 g/mol. The third kappa shape index (κ3) is 5.37. The first-order chi connectivity index (χ1) is 12.6. The standard InChI is InChI=1S/C19H30N4O3.HI/c1-14-17(18(24)25-3)11-16(26-14)12-21-19(20-2)23-10-7-15(13-23)22-8-5-4-6-9-22;/h11,15H,4-10,12-13H2,1-3H3,(H,20,21);1H. The van der Waals surface area contributed by atoms with Crippen molar-refractivity contribution in [1.82, 2.24) is 15.1 Å². The zero-order chi connectivity index (χ0) is 18.5. The summed E-state index contributed by atoms with van der Waals surface area (Å²) in [7, 11) is 3.19. The average molecular weight is 490 g/mol. The van der Waals surface area contributed by atoms with Crippen LogP contribution in [0.1, 0.15) is 47.6 Å². The van der Waals surface area contributed by atoms with Gasteiger partial charge in [-0.2, -0.15) is 0 Å². The number of rotatable bonds is 4. The van der Waals surface area contributed by atoms with E-state index in [1.165, 1.54) is 45.9 Å². The number of furan rings is 1. The van der Waals surface area contributed by atoms with Gasteiger partial charge < -0.3 is 19.4 Å². The zero-order valence-electron chi connectivity index (χ0n) is 16.5. The van der Waals surface area contributed by atoms with E-state index in [1.807, 2.05) is 7.05 Å². The van der Waals surface area contributed by atoms with E-state index < -0.39 is 0 Å². The van der Waals surface area contributed by atoms with Gasteiger partial charge in [-0.15, -0.1) is 24.0 Å². The Morgan fingerprint density at radius 2 is 2.07 bits per heavy atom. The van der Waals surface area contributed by atoms with Crippen molar-refractivity contribution in [3.8, 4) is 0 Å². The van der Waals surface area contributed by atoms with Gasteiger partial charge in [0.2, 0.25) is 0 Å². The molecule has 8 heteroatoms. The fourth-order valence-electron chi connectivity index (χ4n) is 3.96. The fourth-order valence-corrected chi connectivity index (χ4v) is 3.96. The number of hydrogen-bond donors (Lipinski definition) is 1. The molecule has 7 nitrogen and oxygen atoms in total. The van der Waals surface area contributed by atoms with Gasteiger partial charge >= 0.3 is 5.97 Å². The summed E-state index contributed by atoms with van der Waals surface area (Å²) in [6.07, 6.45) is 5.20.